The summed E-state index contributed by atoms with van der Waals surface area (Å²) in [6.45, 7) is 2.30. The largest absolute Gasteiger partial charge is 0.486 e. The highest BCUT2D eigenvalue weighted by Gasteiger charge is 2.17. The van der Waals surface area contributed by atoms with Gasteiger partial charge in [0.2, 0.25) is 0 Å². The highest BCUT2D eigenvalue weighted by molar-refractivity contribution is 7.09. The van der Waals surface area contributed by atoms with Gasteiger partial charge >= 0.3 is 5.97 Å². The van der Waals surface area contributed by atoms with E-state index in [9.17, 15) is 9.59 Å². The van der Waals surface area contributed by atoms with Crippen molar-refractivity contribution in [3.63, 3.8) is 0 Å². The van der Waals surface area contributed by atoms with Crippen LogP contribution in [0.15, 0.2) is 60.0 Å². The Morgan fingerprint density at radius 1 is 1.07 bits per heavy atom. The summed E-state index contributed by atoms with van der Waals surface area (Å²) in [6, 6.07) is 16.4. The lowest BCUT2D eigenvalue weighted by molar-refractivity contribution is -0.133. The molecule has 1 aromatic heterocycles. The summed E-state index contributed by atoms with van der Waals surface area (Å²) < 4.78 is 11.0. The van der Waals surface area contributed by atoms with Crippen molar-refractivity contribution >= 4 is 23.2 Å². The molecule has 0 atom stereocenters. The lowest BCUT2D eigenvalue weighted by atomic mass is 10.2. The first-order chi connectivity index (χ1) is 14.0. The fraction of sp³-hybridized carbons (Fsp3) is 0.227. The van der Waals surface area contributed by atoms with E-state index < -0.39 is 5.97 Å². The molecule has 0 fully saturated rings. The van der Waals surface area contributed by atoms with E-state index in [2.05, 4.69) is 4.98 Å². The van der Waals surface area contributed by atoms with E-state index in [0.29, 0.717) is 12.3 Å². The van der Waals surface area contributed by atoms with Gasteiger partial charge < -0.3 is 14.4 Å². The summed E-state index contributed by atoms with van der Waals surface area (Å²) in [5.74, 6) is -0.483. The van der Waals surface area contributed by atoms with Gasteiger partial charge in [-0.15, -0.1) is 11.3 Å². The Morgan fingerprint density at radius 3 is 2.52 bits per heavy atom. The Kier molecular flexibility index (Phi) is 6.97. The number of carbonyl (C=O) groups excluding carboxylic acids is 2. The van der Waals surface area contributed by atoms with Crippen molar-refractivity contribution in [3.05, 3.63) is 81.8 Å². The van der Waals surface area contributed by atoms with Gasteiger partial charge in [-0.1, -0.05) is 42.5 Å². The predicted molar refractivity (Wildman–Crippen MR) is 111 cm³/mol. The van der Waals surface area contributed by atoms with Crippen molar-refractivity contribution in [1.29, 1.82) is 0 Å². The molecule has 0 saturated carbocycles. The van der Waals surface area contributed by atoms with E-state index >= 15 is 0 Å². The second-order valence-electron chi connectivity index (χ2n) is 6.45. The van der Waals surface area contributed by atoms with Crippen LogP contribution in [0.3, 0.4) is 0 Å². The van der Waals surface area contributed by atoms with E-state index in [1.54, 1.807) is 31.3 Å². The monoisotopic (exact) mass is 410 g/mol. The molecule has 1 heterocycles. The van der Waals surface area contributed by atoms with E-state index in [4.69, 9.17) is 9.47 Å². The molecular formula is C22H22N2O4S. The average Bonchev–Trinajstić information content (AvgIpc) is 3.16. The minimum absolute atomic E-state index is 0.257. The van der Waals surface area contributed by atoms with Crippen LogP contribution in [0.2, 0.25) is 0 Å². The van der Waals surface area contributed by atoms with Crippen LogP contribution >= 0.6 is 11.3 Å². The first-order valence-electron chi connectivity index (χ1n) is 9.11. The van der Waals surface area contributed by atoms with Crippen LogP contribution in [0.25, 0.3) is 0 Å². The smallest absolute Gasteiger partial charge is 0.342 e. The summed E-state index contributed by atoms with van der Waals surface area (Å²) >= 11 is 1.54. The molecule has 3 rings (SSSR count). The number of amides is 1. The maximum atomic E-state index is 12.5. The molecule has 0 aliphatic rings. The standard InChI is InChI=1S/C22H22N2O4S/c1-16-23-18(15-29-16)13-27-20-11-7-6-10-19(20)22(26)28-14-21(25)24(2)12-17-8-4-3-5-9-17/h3-11,15H,12-14H2,1-2H3. The molecule has 2 aromatic carbocycles. The number of likely N-dealkylation sites (N-methyl/N-ethyl adjacent to an activating group) is 1. The molecular weight excluding hydrogens is 388 g/mol. The molecule has 0 spiro atoms. The van der Waals surface area contributed by atoms with Gasteiger partial charge in [0, 0.05) is 19.0 Å². The summed E-state index contributed by atoms with van der Waals surface area (Å²) in [4.78, 5) is 30.6. The van der Waals surface area contributed by atoms with Crippen LogP contribution in [0.1, 0.15) is 26.6 Å². The Bertz CT molecular complexity index is 972. The van der Waals surface area contributed by atoms with Gasteiger partial charge in [-0.3, -0.25) is 4.79 Å². The number of aryl methyl sites for hydroxylation is 1. The van der Waals surface area contributed by atoms with Crippen LogP contribution in [0, 0.1) is 6.92 Å². The summed E-state index contributed by atoms with van der Waals surface area (Å²) in [5.41, 5.74) is 2.08. The number of ether oxygens (including phenoxy) is 2. The van der Waals surface area contributed by atoms with Gasteiger partial charge in [-0.05, 0) is 24.6 Å². The lowest BCUT2D eigenvalue weighted by Gasteiger charge is -2.17. The number of nitrogens with zero attached hydrogens (tertiary/aromatic N) is 2. The van der Waals surface area contributed by atoms with Crippen LogP contribution in [-0.2, 0) is 22.7 Å². The Morgan fingerprint density at radius 2 is 1.79 bits per heavy atom. The van der Waals surface area contributed by atoms with Crippen LogP contribution in [0.5, 0.6) is 5.75 Å². The number of thiazole rings is 1. The van der Waals surface area contributed by atoms with Gasteiger partial charge in [0.25, 0.3) is 5.91 Å². The molecule has 0 aliphatic carbocycles. The van der Waals surface area contributed by atoms with E-state index in [0.717, 1.165) is 16.3 Å². The zero-order chi connectivity index (χ0) is 20.6. The zero-order valence-corrected chi connectivity index (χ0v) is 17.1. The maximum Gasteiger partial charge on any atom is 0.342 e. The third kappa shape index (κ3) is 5.89. The fourth-order valence-corrected chi connectivity index (χ4v) is 3.25. The van der Waals surface area contributed by atoms with Gasteiger partial charge in [0.05, 0.1) is 10.7 Å². The molecule has 1 amide bonds. The number of hydrogen-bond acceptors (Lipinski definition) is 6. The van der Waals surface area contributed by atoms with Crippen LogP contribution < -0.4 is 4.74 Å². The predicted octanol–water partition coefficient (Wildman–Crippen LogP) is 3.85. The van der Waals surface area contributed by atoms with Crippen molar-refractivity contribution in [2.75, 3.05) is 13.7 Å². The van der Waals surface area contributed by atoms with Crippen molar-refractivity contribution in [2.24, 2.45) is 0 Å². The first kappa shape index (κ1) is 20.5. The lowest BCUT2D eigenvalue weighted by Crippen LogP contribution is -2.30. The summed E-state index contributed by atoms with van der Waals surface area (Å²) in [7, 11) is 1.68. The van der Waals surface area contributed by atoms with Crippen molar-refractivity contribution in [3.8, 4) is 5.75 Å². The molecule has 6 nitrogen and oxygen atoms in total. The second-order valence-corrected chi connectivity index (χ2v) is 7.52. The minimum Gasteiger partial charge on any atom is -0.486 e. The van der Waals surface area contributed by atoms with Crippen molar-refractivity contribution in [2.45, 2.75) is 20.1 Å². The van der Waals surface area contributed by atoms with Gasteiger partial charge in [0.15, 0.2) is 6.61 Å². The molecule has 0 saturated heterocycles. The topological polar surface area (TPSA) is 68.7 Å². The number of esters is 1. The first-order valence-corrected chi connectivity index (χ1v) is 9.98. The average molecular weight is 410 g/mol. The molecule has 0 radical (unpaired) electrons. The zero-order valence-electron chi connectivity index (χ0n) is 16.3. The third-order valence-corrected chi connectivity index (χ3v) is 4.99. The van der Waals surface area contributed by atoms with Crippen molar-refractivity contribution < 1.29 is 19.1 Å². The number of rotatable bonds is 8. The number of carbonyl (C=O) groups is 2. The normalized spacial score (nSPS) is 10.4. The molecule has 0 bridgehead atoms. The van der Waals surface area contributed by atoms with E-state index in [1.807, 2.05) is 42.6 Å². The van der Waals surface area contributed by atoms with Gasteiger partial charge in [-0.25, -0.2) is 9.78 Å². The number of hydrogen-bond donors (Lipinski definition) is 0. The molecule has 7 heteroatoms. The highest BCUT2D eigenvalue weighted by Crippen LogP contribution is 2.21. The highest BCUT2D eigenvalue weighted by atomic mass is 32.1. The number of para-hydroxylation sites is 1. The Hall–Kier alpha value is -3.19. The van der Waals surface area contributed by atoms with Gasteiger partial charge in [0.1, 0.15) is 17.9 Å². The van der Waals surface area contributed by atoms with Gasteiger partial charge in [-0.2, -0.15) is 0 Å². The molecule has 150 valence electrons. The van der Waals surface area contributed by atoms with Crippen molar-refractivity contribution in [1.82, 2.24) is 9.88 Å². The number of benzene rings is 2. The summed E-state index contributed by atoms with van der Waals surface area (Å²) in [5, 5.41) is 2.87. The number of aromatic nitrogens is 1. The summed E-state index contributed by atoms with van der Waals surface area (Å²) in [6.07, 6.45) is 0. The molecule has 0 aliphatic heterocycles. The molecule has 0 N–H and O–H groups in total. The van der Waals surface area contributed by atoms with Crippen LogP contribution in [-0.4, -0.2) is 35.4 Å². The minimum atomic E-state index is -0.600. The molecule has 3 aromatic rings. The van der Waals surface area contributed by atoms with E-state index in [-0.39, 0.29) is 24.7 Å². The SMILES string of the molecule is Cc1nc(COc2ccccc2C(=O)OCC(=O)N(C)Cc2ccccc2)cs1. The molecule has 0 unspecified atom stereocenters. The van der Waals surface area contributed by atoms with E-state index in [1.165, 1.54) is 16.2 Å². The second kappa shape index (κ2) is 9.84. The quantitative estimate of drug-likeness (QED) is 0.528. The maximum absolute atomic E-state index is 12.5. The fourth-order valence-electron chi connectivity index (χ4n) is 2.65. The Labute approximate surface area is 173 Å². The molecule has 29 heavy (non-hydrogen) atoms. The Balaban J connectivity index is 1.55. The van der Waals surface area contributed by atoms with Crippen LogP contribution in [0.4, 0.5) is 0 Å². The third-order valence-electron chi connectivity index (χ3n) is 4.16.